The average Bonchev–Trinajstić information content (AvgIpc) is 3.47. The molecule has 1 aliphatic carbocycles. The van der Waals surface area contributed by atoms with Crippen LogP contribution in [0.5, 0.6) is 0 Å². The molecule has 0 spiro atoms. The number of amides is 1. The molecule has 4 aromatic rings. The second-order valence-corrected chi connectivity index (χ2v) is 8.84. The summed E-state index contributed by atoms with van der Waals surface area (Å²) in [7, 11) is 1.83. The molecule has 0 fully saturated rings. The topological polar surface area (TPSA) is 63.9 Å². The Kier molecular flexibility index (Phi) is 4.90. The molecule has 156 valence electrons. The number of nitrogens with zero attached hydrogens (tertiary/aromatic N) is 5. The van der Waals surface area contributed by atoms with Crippen molar-refractivity contribution in [3.05, 3.63) is 81.4 Å². The van der Waals surface area contributed by atoms with E-state index in [-0.39, 0.29) is 11.9 Å². The average molecular weight is 430 g/mol. The van der Waals surface area contributed by atoms with Gasteiger partial charge in [0.1, 0.15) is 0 Å². The van der Waals surface area contributed by atoms with E-state index in [1.165, 1.54) is 5.56 Å². The molecule has 5 rings (SSSR count). The van der Waals surface area contributed by atoms with Gasteiger partial charge in [0, 0.05) is 23.7 Å². The highest BCUT2D eigenvalue weighted by atomic mass is 32.1. The van der Waals surface area contributed by atoms with Gasteiger partial charge in [-0.25, -0.2) is 14.6 Å². The van der Waals surface area contributed by atoms with Crippen molar-refractivity contribution in [3.8, 4) is 17.2 Å². The zero-order valence-corrected chi connectivity index (χ0v) is 18.6. The highest BCUT2D eigenvalue weighted by Gasteiger charge is 2.25. The lowest BCUT2D eigenvalue weighted by Gasteiger charge is -2.24. The molecule has 0 saturated heterocycles. The molecule has 0 saturated carbocycles. The minimum Gasteiger partial charge on any atom is -0.334 e. The Bertz CT molecular complexity index is 1260. The van der Waals surface area contributed by atoms with Crippen LogP contribution in [0.25, 0.3) is 17.2 Å². The summed E-state index contributed by atoms with van der Waals surface area (Å²) < 4.78 is 1.66. The number of carbonyl (C=O) groups is 1. The number of rotatable bonds is 4. The van der Waals surface area contributed by atoms with E-state index in [9.17, 15) is 4.79 Å². The Morgan fingerprint density at radius 3 is 2.74 bits per heavy atom. The van der Waals surface area contributed by atoms with Gasteiger partial charge in [-0.05, 0) is 49.3 Å². The molecule has 31 heavy (non-hydrogen) atoms. The van der Waals surface area contributed by atoms with Gasteiger partial charge in [-0.3, -0.25) is 4.79 Å². The summed E-state index contributed by atoms with van der Waals surface area (Å²) in [6.45, 7) is 3.92. The molecule has 1 atom stereocenters. The van der Waals surface area contributed by atoms with Crippen molar-refractivity contribution in [2.24, 2.45) is 0 Å². The summed E-state index contributed by atoms with van der Waals surface area (Å²) in [5, 5.41) is 6.49. The van der Waals surface area contributed by atoms with Crippen molar-refractivity contribution < 1.29 is 4.79 Å². The number of carbonyl (C=O) groups excluding carboxylic acids is 1. The first-order chi connectivity index (χ1) is 15.0. The monoisotopic (exact) mass is 429 g/mol. The highest BCUT2D eigenvalue weighted by molar-refractivity contribution is 7.10. The summed E-state index contributed by atoms with van der Waals surface area (Å²) in [6, 6.07) is 12.4. The van der Waals surface area contributed by atoms with Crippen molar-refractivity contribution in [2.75, 3.05) is 7.05 Å². The molecule has 0 N–H and O–H groups in total. The third-order valence-corrected chi connectivity index (χ3v) is 7.12. The number of aromatic nitrogens is 4. The maximum atomic E-state index is 13.2. The normalized spacial score (nSPS) is 13.4. The van der Waals surface area contributed by atoms with E-state index < -0.39 is 0 Å². The van der Waals surface area contributed by atoms with Gasteiger partial charge in [-0.1, -0.05) is 30.3 Å². The largest absolute Gasteiger partial charge is 0.334 e. The molecule has 7 heteroatoms. The van der Waals surface area contributed by atoms with Crippen molar-refractivity contribution in [1.82, 2.24) is 24.6 Å². The van der Waals surface area contributed by atoms with Crippen molar-refractivity contribution in [3.63, 3.8) is 0 Å². The molecule has 0 aliphatic heterocycles. The summed E-state index contributed by atoms with van der Waals surface area (Å²) >= 11 is 1.65. The molecular formula is C24H23N5OS. The minimum absolute atomic E-state index is 0.00764. The van der Waals surface area contributed by atoms with Crippen LogP contribution in [0, 0.1) is 6.92 Å². The summed E-state index contributed by atoms with van der Waals surface area (Å²) in [4.78, 5) is 25.5. The van der Waals surface area contributed by atoms with Crippen LogP contribution < -0.4 is 0 Å². The Morgan fingerprint density at radius 2 is 1.94 bits per heavy atom. The first-order valence-corrected chi connectivity index (χ1v) is 11.2. The van der Waals surface area contributed by atoms with Gasteiger partial charge in [-0.2, -0.15) is 5.10 Å². The lowest BCUT2D eigenvalue weighted by molar-refractivity contribution is 0.0744. The van der Waals surface area contributed by atoms with Gasteiger partial charge in [0.15, 0.2) is 0 Å². The van der Waals surface area contributed by atoms with Crippen LogP contribution in [-0.4, -0.2) is 37.6 Å². The second kappa shape index (κ2) is 7.74. The van der Waals surface area contributed by atoms with E-state index in [1.807, 2.05) is 50.7 Å². The van der Waals surface area contributed by atoms with E-state index in [2.05, 4.69) is 28.3 Å². The highest BCUT2D eigenvalue weighted by Crippen LogP contribution is 2.32. The van der Waals surface area contributed by atoms with Crippen LogP contribution in [0.1, 0.15) is 45.0 Å². The summed E-state index contributed by atoms with van der Waals surface area (Å²) in [6.07, 6.45) is 5.44. The van der Waals surface area contributed by atoms with Gasteiger partial charge < -0.3 is 4.90 Å². The van der Waals surface area contributed by atoms with E-state index in [1.54, 1.807) is 27.1 Å². The van der Waals surface area contributed by atoms with Gasteiger partial charge in [0.25, 0.3) is 11.9 Å². The number of fused-ring (bicyclic) bond motifs is 3. The lowest BCUT2D eigenvalue weighted by Crippen LogP contribution is -2.29. The summed E-state index contributed by atoms with van der Waals surface area (Å²) in [5.41, 5.74) is 5.85. The zero-order chi connectivity index (χ0) is 21.5. The fraction of sp³-hybridized carbons (Fsp3) is 0.250. The van der Waals surface area contributed by atoms with Gasteiger partial charge in [0.2, 0.25) is 0 Å². The second-order valence-electron chi connectivity index (χ2n) is 7.86. The van der Waals surface area contributed by atoms with Crippen molar-refractivity contribution in [2.45, 2.75) is 32.7 Å². The van der Waals surface area contributed by atoms with Crippen molar-refractivity contribution >= 4 is 17.2 Å². The van der Waals surface area contributed by atoms with Crippen molar-refractivity contribution in [1.29, 1.82) is 0 Å². The van der Waals surface area contributed by atoms with Gasteiger partial charge in [-0.15, -0.1) is 11.3 Å². The molecular weight excluding hydrogens is 406 g/mol. The molecule has 3 aromatic heterocycles. The van der Waals surface area contributed by atoms with Crippen LogP contribution in [0.2, 0.25) is 0 Å². The van der Waals surface area contributed by atoms with Crippen LogP contribution >= 0.6 is 11.3 Å². The molecule has 1 aliphatic rings. The van der Waals surface area contributed by atoms with Crippen LogP contribution in [-0.2, 0) is 12.8 Å². The third-order valence-electron chi connectivity index (χ3n) is 6.07. The zero-order valence-electron chi connectivity index (χ0n) is 17.7. The Hall–Kier alpha value is -3.32. The molecule has 1 unspecified atom stereocenters. The molecule has 0 bridgehead atoms. The first kappa shape index (κ1) is 19.6. The first-order valence-electron chi connectivity index (χ1n) is 10.3. The molecule has 1 aromatic carbocycles. The molecule has 3 heterocycles. The van der Waals surface area contributed by atoms with E-state index in [0.717, 1.165) is 40.2 Å². The predicted molar refractivity (Wildman–Crippen MR) is 122 cm³/mol. The van der Waals surface area contributed by atoms with Gasteiger partial charge in [0.05, 0.1) is 29.2 Å². The standard InChI is InChI=1S/C24H23N5OS/c1-15-20(23(30)28(3)16(2)21-9-6-12-31-21)14-26-29(15)24-25-13-18-11-10-17-7-4-5-8-19(17)22(18)27-24/h4-9,12-14,16H,10-11H2,1-3H3. The maximum Gasteiger partial charge on any atom is 0.257 e. The number of benzene rings is 1. The smallest absolute Gasteiger partial charge is 0.257 e. The van der Waals surface area contributed by atoms with E-state index in [0.29, 0.717) is 11.5 Å². The quantitative estimate of drug-likeness (QED) is 0.474. The van der Waals surface area contributed by atoms with E-state index >= 15 is 0 Å². The minimum atomic E-state index is -0.0621. The number of thiophene rings is 1. The van der Waals surface area contributed by atoms with E-state index in [4.69, 9.17) is 4.98 Å². The molecule has 0 radical (unpaired) electrons. The number of hydrogen-bond acceptors (Lipinski definition) is 5. The fourth-order valence-corrected chi connectivity index (χ4v) is 4.89. The van der Waals surface area contributed by atoms with Gasteiger partial charge >= 0.3 is 0 Å². The Morgan fingerprint density at radius 1 is 1.13 bits per heavy atom. The Balaban J connectivity index is 1.48. The van der Waals surface area contributed by atoms with Crippen LogP contribution in [0.15, 0.2) is 54.2 Å². The van der Waals surface area contributed by atoms with Crippen LogP contribution in [0.3, 0.4) is 0 Å². The lowest BCUT2D eigenvalue weighted by atomic mass is 9.90. The fourth-order valence-electron chi connectivity index (χ4n) is 4.06. The SMILES string of the molecule is Cc1c(C(=O)N(C)C(C)c2cccs2)cnn1-c1ncc2c(n1)-c1ccccc1CC2. The number of hydrogen-bond donors (Lipinski definition) is 0. The maximum absolute atomic E-state index is 13.2. The number of aryl methyl sites for hydroxylation is 2. The van der Waals surface area contributed by atoms with Crippen LogP contribution in [0.4, 0.5) is 0 Å². The summed E-state index contributed by atoms with van der Waals surface area (Å²) in [5.74, 6) is 0.425. The molecule has 6 nitrogen and oxygen atoms in total. The third kappa shape index (κ3) is 3.35. The Labute approximate surface area is 185 Å². The predicted octanol–water partition coefficient (Wildman–Crippen LogP) is 4.63. The molecule has 1 amide bonds.